The summed E-state index contributed by atoms with van der Waals surface area (Å²) in [6.07, 6.45) is 1.13. The van der Waals surface area contributed by atoms with Gasteiger partial charge < -0.3 is 5.32 Å². The van der Waals surface area contributed by atoms with Crippen molar-refractivity contribution >= 4 is 21.6 Å². The van der Waals surface area contributed by atoms with Gasteiger partial charge in [-0.2, -0.15) is 0 Å². The number of halogens is 1. The molecule has 0 saturated heterocycles. The zero-order valence-electron chi connectivity index (χ0n) is 14.4. The zero-order chi connectivity index (χ0) is 18.6. The normalized spacial score (nSPS) is 11.2. The van der Waals surface area contributed by atoms with E-state index in [4.69, 9.17) is 0 Å². The number of rotatable bonds is 6. The van der Waals surface area contributed by atoms with Crippen molar-refractivity contribution in [2.75, 3.05) is 23.7 Å². The van der Waals surface area contributed by atoms with Crippen LogP contribution < -0.4 is 9.62 Å². The second-order valence-electron chi connectivity index (χ2n) is 5.87. The predicted molar refractivity (Wildman–Crippen MR) is 96.8 cm³/mol. The maximum atomic E-state index is 12.9. The topological polar surface area (TPSA) is 66.5 Å². The van der Waals surface area contributed by atoms with Gasteiger partial charge in [-0.15, -0.1) is 0 Å². The SMILES string of the molecule is Cc1ccc(N(CCNC(=O)c2ccc(F)cc2)S(C)(=O)=O)cc1C. The van der Waals surface area contributed by atoms with Crippen molar-refractivity contribution in [3.05, 3.63) is 65.0 Å². The molecular formula is C18H21FN2O3S. The zero-order valence-corrected chi connectivity index (χ0v) is 15.2. The molecule has 0 atom stereocenters. The van der Waals surface area contributed by atoms with Gasteiger partial charge in [0, 0.05) is 12.1 Å². The van der Waals surface area contributed by atoms with Gasteiger partial charge in [0.2, 0.25) is 10.0 Å². The van der Waals surface area contributed by atoms with E-state index in [2.05, 4.69) is 5.32 Å². The third kappa shape index (κ3) is 5.03. The number of hydrogen-bond donors (Lipinski definition) is 1. The molecule has 2 aromatic rings. The number of hydrogen-bond acceptors (Lipinski definition) is 3. The van der Waals surface area contributed by atoms with Crippen molar-refractivity contribution in [1.82, 2.24) is 5.32 Å². The average Bonchev–Trinajstić information content (AvgIpc) is 2.53. The molecule has 1 amide bonds. The van der Waals surface area contributed by atoms with Crippen molar-refractivity contribution in [2.24, 2.45) is 0 Å². The van der Waals surface area contributed by atoms with E-state index in [1.54, 1.807) is 12.1 Å². The highest BCUT2D eigenvalue weighted by atomic mass is 32.2. The molecular weight excluding hydrogens is 343 g/mol. The molecule has 25 heavy (non-hydrogen) atoms. The molecule has 1 N–H and O–H groups in total. The van der Waals surface area contributed by atoms with E-state index >= 15 is 0 Å². The lowest BCUT2D eigenvalue weighted by molar-refractivity contribution is 0.0955. The summed E-state index contributed by atoms with van der Waals surface area (Å²) in [5, 5.41) is 2.65. The van der Waals surface area contributed by atoms with Crippen LogP contribution in [0.1, 0.15) is 21.5 Å². The van der Waals surface area contributed by atoms with Crippen molar-refractivity contribution < 1.29 is 17.6 Å². The summed E-state index contributed by atoms with van der Waals surface area (Å²) >= 11 is 0. The molecule has 7 heteroatoms. The van der Waals surface area contributed by atoms with Crippen LogP contribution in [0, 0.1) is 19.7 Å². The fourth-order valence-electron chi connectivity index (χ4n) is 2.34. The third-order valence-electron chi connectivity index (χ3n) is 3.89. The summed E-state index contributed by atoms with van der Waals surface area (Å²) in [6.45, 7) is 4.10. The number of carbonyl (C=O) groups excluding carboxylic acids is 1. The molecule has 2 rings (SSSR count). The van der Waals surface area contributed by atoms with Crippen LogP contribution in [0.5, 0.6) is 0 Å². The Morgan fingerprint density at radius 2 is 1.72 bits per heavy atom. The summed E-state index contributed by atoms with van der Waals surface area (Å²) in [7, 11) is -3.48. The Kier molecular flexibility index (Phi) is 5.79. The summed E-state index contributed by atoms with van der Waals surface area (Å²) in [6, 6.07) is 10.6. The lowest BCUT2D eigenvalue weighted by Gasteiger charge is -2.23. The minimum Gasteiger partial charge on any atom is -0.350 e. The molecule has 0 unspecified atom stereocenters. The van der Waals surface area contributed by atoms with Gasteiger partial charge in [-0.3, -0.25) is 9.10 Å². The fraction of sp³-hybridized carbons (Fsp3) is 0.278. The minimum atomic E-state index is -3.48. The first-order chi connectivity index (χ1) is 11.7. The maximum absolute atomic E-state index is 12.9. The molecule has 0 aliphatic heterocycles. The van der Waals surface area contributed by atoms with Gasteiger partial charge in [-0.1, -0.05) is 6.07 Å². The van der Waals surface area contributed by atoms with Crippen molar-refractivity contribution in [1.29, 1.82) is 0 Å². The molecule has 0 spiro atoms. The van der Waals surface area contributed by atoms with E-state index in [0.717, 1.165) is 17.4 Å². The summed E-state index contributed by atoms with van der Waals surface area (Å²) < 4.78 is 38.3. The van der Waals surface area contributed by atoms with E-state index in [1.807, 2.05) is 19.9 Å². The number of nitrogens with zero attached hydrogens (tertiary/aromatic N) is 1. The fourth-order valence-corrected chi connectivity index (χ4v) is 3.26. The summed E-state index contributed by atoms with van der Waals surface area (Å²) in [5.74, 6) is -0.803. The van der Waals surface area contributed by atoms with Crippen LogP contribution in [0.25, 0.3) is 0 Å². The Morgan fingerprint density at radius 3 is 2.28 bits per heavy atom. The highest BCUT2D eigenvalue weighted by Crippen LogP contribution is 2.20. The lowest BCUT2D eigenvalue weighted by atomic mass is 10.1. The first kappa shape index (κ1) is 18.9. The molecule has 0 bridgehead atoms. The number of sulfonamides is 1. The Morgan fingerprint density at radius 1 is 1.08 bits per heavy atom. The summed E-state index contributed by atoms with van der Waals surface area (Å²) in [5.41, 5.74) is 2.93. The number of carbonyl (C=O) groups is 1. The van der Waals surface area contributed by atoms with Gasteiger partial charge in [-0.05, 0) is 61.4 Å². The molecule has 2 aromatic carbocycles. The molecule has 0 aliphatic rings. The third-order valence-corrected chi connectivity index (χ3v) is 5.08. The van der Waals surface area contributed by atoms with Crippen LogP contribution in [-0.2, 0) is 10.0 Å². The largest absolute Gasteiger partial charge is 0.350 e. The number of benzene rings is 2. The number of amides is 1. The van der Waals surface area contributed by atoms with E-state index in [1.165, 1.54) is 28.6 Å². The quantitative estimate of drug-likeness (QED) is 0.857. The first-order valence-electron chi connectivity index (χ1n) is 7.77. The highest BCUT2D eigenvalue weighted by molar-refractivity contribution is 7.92. The van der Waals surface area contributed by atoms with Gasteiger partial charge in [0.05, 0.1) is 18.5 Å². The summed E-state index contributed by atoms with van der Waals surface area (Å²) in [4.78, 5) is 12.0. The Bertz CT molecular complexity index is 864. The minimum absolute atomic E-state index is 0.105. The van der Waals surface area contributed by atoms with Crippen LogP contribution in [-0.4, -0.2) is 33.7 Å². The van der Waals surface area contributed by atoms with Crippen molar-refractivity contribution in [3.63, 3.8) is 0 Å². The molecule has 5 nitrogen and oxygen atoms in total. The molecule has 0 aliphatic carbocycles. The first-order valence-corrected chi connectivity index (χ1v) is 9.62. The van der Waals surface area contributed by atoms with Gasteiger partial charge in [0.1, 0.15) is 5.82 Å². The highest BCUT2D eigenvalue weighted by Gasteiger charge is 2.18. The van der Waals surface area contributed by atoms with Crippen LogP contribution >= 0.6 is 0 Å². The molecule has 134 valence electrons. The number of anilines is 1. The van der Waals surface area contributed by atoms with Gasteiger partial charge in [0.15, 0.2) is 0 Å². The van der Waals surface area contributed by atoms with Crippen LogP contribution in [0.4, 0.5) is 10.1 Å². The van der Waals surface area contributed by atoms with E-state index in [9.17, 15) is 17.6 Å². The monoisotopic (exact) mass is 364 g/mol. The smallest absolute Gasteiger partial charge is 0.251 e. The van der Waals surface area contributed by atoms with Crippen LogP contribution in [0.3, 0.4) is 0 Å². The molecule has 0 radical (unpaired) electrons. The standard InChI is InChI=1S/C18H21FN2O3S/c1-13-4-9-17(12-14(13)2)21(25(3,23)24)11-10-20-18(22)15-5-7-16(19)8-6-15/h4-9,12H,10-11H2,1-3H3,(H,20,22). The van der Waals surface area contributed by atoms with Gasteiger partial charge >= 0.3 is 0 Å². The van der Waals surface area contributed by atoms with E-state index in [0.29, 0.717) is 11.3 Å². The Balaban J connectivity index is 2.07. The van der Waals surface area contributed by atoms with Crippen molar-refractivity contribution in [2.45, 2.75) is 13.8 Å². The predicted octanol–water partition coefficient (Wildman–Crippen LogP) is 2.64. The van der Waals surface area contributed by atoms with E-state index < -0.39 is 15.8 Å². The van der Waals surface area contributed by atoms with Crippen LogP contribution in [0.2, 0.25) is 0 Å². The lowest BCUT2D eigenvalue weighted by Crippen LogP contribution is -2.38. The second kappa shape index (κ2) is 7.65. The molecule has 0 fully saturated rings. The van der Waals surface area contributed by atoms with Gasteiger partial charge in [0.25, 0.3) is 5.91 Å². The number of aryl methyl sites for hydroxylation is 2. The van der Waals surface area contributed by atoms with Crippen molar-refractivity contribution in [3.8, 4) is 0 Å². The maximum Gasteiger partial charge on any atom is 0.251 e. The average molecular weight is 364 g/mol. The van der Waals surface area contributed by atoms with Crippen LogP contribution in [0.15, 0.2) is 42.5 Å². The Hall–Kier alpha value is -2.41. The second-order valence-corrected chi connectivity index (χ2v) is 7.77. The molecule has 0 aromatic heterocycles. The molecule has 0 saturated carbocycles. The number of nitrogens with one attached hydrogen (secondary N) is 1. The van der Waals surface area contributed by atoms with Gasteiger partial charge in [-0.25, -0.2) is 12.8 Å². The van der Waals surface area contributed by atoms with E-state index in [-0.39, 0.29) is 19.0 Å². The molecule has 0 heterocycles. The Labute approximate surface area is 147 Å².